The minimum atomic E-state index is -0.203. The van der Waals surface area contributed by atoms with Gasteiger partial charge in [-0.15, -0.1) is 0 Å². The molecule has 0 radical (unpaired) electrons. The van der Waals surface area contributed by atoms with Crippen LogP contribution in [0.5, 0.6) is 0 Å². The Labute approximate surface area is 91.7 Å². The Morgan fingerprint density at radius 3 is 2.67 bits per heavy atom. The van der Waals surface area contributed by atoms with E-state index in [1.165, 1.54) is 39.2 Å². The maximum absolute atomic E-state index is 11.5. The Morgan fingerprint density at radius 1 is 1.20 bits per heavy atom. The molecule has 0 bridgehead atoms. The van der Waals surface area contributed by atoms with Crippen LogP contribution >= 0.6 is 0 Å². The minimum absolute atomic E-state index is 0.203. The SMILES string of the molecule is C=C(C(=O)OC)C1CCC2CCCCC21. The molecule has 2 heteroatoms. The third-order valence-electron chi connectivity index (χ3n) is 4.23. The molecule has 0 aromatic carbocycles. The van der Waals surface area contributed by atoms with Crippen molar-refractivity contribution >= 4 is 5.97 Å². The summed E-state index contributed by atoms with van der Waals surface area (Å²) in [5.74, 6) is 1.77. The summed E-state index contributed by atoms with van der Waals surface area (Å²) in [7, 11) is 1.45. The van der Waals surface area contributed by atoms with Gasteiger partial charge >= 0.3 is 5.97 Å². The van der Waals surface area contributed by atoms with E-state index in [4.69, 9.17) is 4.74 Å². The average Bonchev–Trinajstić information content (AvgIpc) is 2.70. The van der Waals surface area contributed by atoms with Crippen LogP contribution in [0.1, 0.15) is 38.5 Å². The average molecular weight is 208 g/mol. The first-order valence-electron chi connectivity index (χ1n) is 6.01. The maximum atomic E-state index is 11.5. The van der Waals surface area contributed by atoms with Crippen molar-refractivity contribution in [2.24, 2.45) is 17.8 Å². The molecule has 0 spiro atoms. The summed E-state index contributed by atoms with van der Waals surface area (Å²) < 4.78 is 4.77. The zero-order valence-electron chi connectivity index (χ0n) is 9.50. The number of esters is 1. The van der Waals surface area contributed by atoms with E-state index in [2.05, 4.69) is 6.58 Å². The minimum Gasteiger partial charge on any atom is -0.466 e. The highest BCUT2D eigenvalue weighted by atomic mass is 16.5. The molecule has 2 aliphatic carbocycles. The van der Waals surface area contributed by atoms with Crippen molar-refractivity contribution in [2.45, 2.75) is 38.5 Å². The Balaban J connectivity index is 2.04. The van der Waals surface area contributed by atoms with Crippen LogP contribution in [-0.2, 0) is 9.53 Å². The molecule has 0 saturated heterocycles. The standard InChI is InChI=1S/C13H20O2/c1-9(13(14)15-2)11-8-7-10-5-3-4-6-12(10)11/h10-12H,1,3-8H2,2H3. The van der Waals surface area contributed by atoms with Crippen LogP contribution in [0.15, 0.2) is 12.2 Å². The summed E-state index contributed by atoms with van der Waals surface area (Å²) in [5.41, 5.74) is 0.715. The molecule has 0 aromatic heterocycles. The summed E-state index contributed by atoms with van der Waals surface area (Å²) in [6.07, 6.45) is 7.76. The lowest BCUT2D eigenvalue weighted by Crippen LogP contribution is -2.23. The van der Waals surface area contributed by atoms with Gasteiger partial charge in [-0.05, 0) is 37.0 Å². The number of fused-ring (bicyclic) bond motifs is 1. The largest absolute Gasteiger partial charge is 0.466 e. The molecule has 3 atom stereocenters. The molecule has 0 N–H and O–H groups in total. The summed E-state index contributed by atoms with van der Waals surface area (Å²) in [5, 5.41) is 0. The van der Waals surface area contributed by atoms with Gasteiger partial charge in [0.05, 0.1) is 7.11 Å². The Hall–Kier alpha value is -0.790. The van der Waals surface area contributed by atoms with Crippen LogP contribution < -0.4 is 0 Å². The van der Waals surface area contributed by atoms with Gasteiger partial charge < -0.3 is 4.74 Å². The summed E-state index contributed by atoms with van der Waals surface area (Å²) in [6.45, 7) is 3.92. The highest BCUT2D eigenvalue weighted by Gasteiger charge is 2.40. The number of hydrogen-bond donors (Lipinski definition) is 0. The van der Waals surface area contributed by atoms with Crippen molar-refractivity contribution in [1.29, 1.82) is 0 Å². The van der Waals surface area contributed by atoms with Crippen molar-refractivity contribution < 1.29 is 9.53 Å². The molecule has 0 aliphatic heterocycles. The fraction of sp³-hybridized carbons (Fsp3) is 0.769. The predicted molar refractivity (Wildman–Crippen MR) is 59.3 cm³/mol. The van der Waals surface area contributed by atoms with Gasteiger partial charge in [-0.1, -0.05) is 25.8 Å². The van der Waals surface area contributed by atoms with Crippen LogP contribution in [0.2, 0.25) is 0 Å². The molecular formula is C13H20O2. The zero-order chi connectivity index (χ0) is 10.8. The lowest BCUT2D eigenvalue weighted by molar-refractivity contribution is -0.136. The van der Waals surface area contributed by atoms with E-state index in [0.717, 1.165) is 12.3 Å². The quantitative estimate of drug-likeness (QED) is 0.515. The van der Waals surface area contributed by atoms with Crippen LogP contribution in [0.3, 0.4) is 0 Å². The molecular weight excluding hydrogens is 188 g/mol. The van der Waals surface area contributed by atoms with Crippen LogP contribution in [-0.4, -0.2) is 13.1 Å². The third-order valence-corrected chi connectivity index (χ3v) is 4.23. The van der Waals surface area contributed by atoms with Gasteiger partial charge in [-0.2, -0.15) is 0 Å². The summed E-state index contributed by atoms with van der Waals surface area (Å²) in [4.78, 5) is 11.5. The Kier molecular flexibility index (Phi) is 3.13. The zero-order valence-corrected chi connectivity index (χ0v) is 9.50. The maximum Gasteiger partial charge on any atom is 0.333 e. The van der Waals surface area contributed by atoms with Crippen molar-refractivity contribution in [3.8, 4) is 0 Å². The van der Waals surface area contributed by atoms with Crippen LogP contribution in [0.25, 0.3) is 0 Å². The molecule has 2 aliphatic rings. The lowest BCUT2D eigenvalue weighted by Gasteiger charge is -2.29. The fourth-order valence-electron chi connectivity index (χ4n) is 3.45. The topological polar surface area (TPSA) is 26.3 Å². The van der Waals surface area contributed by atoms with E-state index in [9.17, 15) is 4.79 Å². The second-order valence-electron chi connectivity index (χ2n) is 4.91. The number of ether oxygens (including phenoxy) is 1. The van der Waals surface area contributed by atoms with Gasteiger partial charge in [0.25, 0.3) is 0 Å². The second-order valence-corrected chi connectivity index (χ2v) is 4.91. The number of rotatable bonds is 2. The molecule has 2 nitrogen and oxygen atoms in total. The first kappa shape index (κ1) is 10.7. The van der Waals surface area contributed by atoms with Gasteiger partial charge in [0, 0.05) is 5.57 Å². The van der Waals surface area contributed by atoms with E-state index in [-0.39, 0.29) is 5.97 Å². The third kappa shape index (κ3) is 1.95. The highest BCUT2D eigenvalue weighted by Crippen LogP contribution is 2.48. The van der Waals surface area contributed by atoms with E-state index < -0.39 is 0 Å². The second kappa shape index (κ2) is 4.38. The number of methoxy groups -OCH3 is 1. The van der Waals surface area contributed by atoms with Crippen molar-refractivity contribution in [3.05, 3.63) is 12.2 Å². The van der Waals surface area contributed by atoms with Crippen LogP contribution in [0.4, 0.5) is 0 Å². The lowest BCUT2D eigenvalue weighted by atomic mass is 9.76. The monoisotopic (exact) mass is 208 g/mol. The molecule has 2 saturated carbocycles. The molecule has 0 aromatic rings. The van der Waals surface area contributed by atoms with Crippen molar-refractivity contribution in [3.63, 3.8) is 0 Å². The smallest absolute Gasteiger partial charge is 0.333 e. The summed E-state index contributed by atoms with van der Waals surface area (Å²) in [6, 6.07) is 0. The Bertz CT molecular complexity index is 270. The highest BCUT2D eigenvalue weighted by molar-refractivity contribution is 5.88. The molecule has 15 heavy (non-hydrogen) atoms. The molecule has 3 unspecified atom stereocenters. The predicted octanol–water partition coefficient (Wildman–Crippen LogP) is 2.93. The fourth-order valence-corrected chi connectivity index (χ4v) is 3.45. The van der Waals surface area contributed by atoms with Gasteiger partial charge in [0.15, 0.2) is 0 Å². The van der Waals surface area contributed by atoms with Gasteiger partial charge in [0.1, 0.15) is 0 Å². The van der Waals surface area contributed by atoms with Crippen molar-refractivity contribution in [2.75, 3.05) is 7.11 Å². The normalized spacial score (nSPS) is 34.6. The first-order valence-corrected chi connectivity index (χ1v) is 6.01. The summed E-state index contributed by atoms with van der Waals surface area (Å²) >= 11 is 0. The molecule has 2 rings (SSSR count). The molecule has 84 valence electrons. The van der Waals surface area contributed by atoms with Gasteiger partial charge in [-0.25, -0.2) is 4.79 Å². The van der Waals surface area contributed by atoms with E-state index in [1.54, 1.807) is 0 Å². The number of carbonyl (C=O) groups is 1. The van der Waals surface area contributed by atoms with Crippen LogP contribution in [0, 0.1) is 17.8 Å². The van der Waals surface area contributed by atoms with E-state index in [1.807, 2.05) is 0 Å². The van der Waals surface area contributed by atoms with Gasteiger partial charge in [-0.3, -0.25) is 0 Å². The Morgan fingerprint density at radius 2 is 1.93 bits per heavy atom. The van der Waals surface area contributed by atoms with Crippen molar-refractivity contribution in [1.82, 2.24) is 0 Å². The molecule has 2 fully saturated rings. The first-order chi connectivity index (χ1) is 7.24. The van der Waals surface area contributed by atoms with E-state index in [0.29, 0.717) is 17.4 Å². The van der Waals surface area contributed by atoms with Gasteiger partial charge in [0.2, 0.25) is 0 Å². The molecule has 0 heterocycles. The number of hydrogen-bond acceptors (Lipinski definition) is 2. The van der Waals surface area contributed by atoms with E-state index >= 15 is 0 Å². The molecule has 0 amide bonds. The number of carbonyl (C=O) groups excluding carboxylic acids is 1.